The maximum Gasteiger partial charge on any atom is 0.251 e. The highest BCUT2D eigenvalue weighted by atomic mass is 32.1. The summed E-state index contributed by atoms with van der Waals surface area (Å²) in [4.78, 5) is 16.7. The van der Waals surface area contributed by atoms with Crippen molar-refractivity contribution >= 4 is 33.1 Å². The van der Waals surface area contributed by atoms with Gasteiger partial charge in [0.1, 0.15) is 0 Å². The first-order valence-corrected chi connectivity index (χ1v) is 7.96. The molecule has 0 aliphatic heterocycles. The molecule has 0 aliphatic carbocycles. The van der Waals surface area contributed by atoms with Gasteiger partial charge >= 0.3 is 0 Å². The lowest BCUT2D eigenvalue weighted by Crippen LogP contribution is -2.23. The van der Waals surface area contributed by atoms with Gasteiger partial charge in [-0.2, -0.15) is 0 Å². The maximum absolute atomic E-state index is 12.3. The fourth-order valence-electron chi connectivity index (χ4n) is 2.45. The summed E-state index contributed by atoms with van der Waals surface area (Å²) in [7, 11) is 0. The second kappa shape index (κ2) is 5.44. The Morgan fingerprint density at radius 2 is 2.17 bits per heavy atom. The second-order valence-electron chi connectivity index (χ2n) is 5.14. The Labute approximate surface area is 135 Å². The summed E-state index contributed by atoms with van der Waals surface area (Å²) in [5.74, 6) is 0.564. The molecule has 6 nitrogen and oxygen atoms in total. The van der Waals surface area contributed by atoms with E-state index in [2.05, 4.69) is 20.5 Å². The van der Waals surface area contributed by atoms with E-state index in [1.807, 2.05) is 47.9 Å². The number of pyridine rings is 1. The third-order valence-electron chi connectivity index (χ3n) is 3.55. The standard InChI is InChI=1S/C16H13N5OS/c1-10-18-12-6-5-11(8-13(12)23-10)16(22)17-9-15-20-19-14-4-2-3-7-21(14)15/h2-8H,9H2,1H3,(H,17,22). The molecule has 0 saturated carbocycles. The SMILES string of the molecule is Cc1nc2ccc(C(=O)NCc3nnc4ccccn34)cc2s1. The lowest BCUT2D eigenvalue weighted by Gasteiger charge is -2.04. The minimum absolute atomic E-state index is 0.134. The Bertz CT molecular complexity index is 1020. The highest BCUT2D eigenvalue weighted by molar-refractivity contribution is 7.18. The van der Waals surface area contributed by atoms with Crippen molar-refractivity contribution in [3.63, 3.8) is 0 Å². The van der Waals surface area contributed by atoms with Gasteiger partial charge in [-0.1, -0.05) is 6.07 Å². The predicted molar refractivity (Wildman–Crippen MR) is 88.5 cm³/mol. The first-order valence-electron chi connectivity index (χ1n) is 7.15. The normalized spacial score (nSPS) is 11.2. The van der Waals surface area contributed by atoms with Crippen molar-refractivity contribution in [2.75, 3.05) is 0 Å². The number of nitrogens with zero attached hydrogens (tertiary/aromatic N) is 4. The summed E-state index contributed by atoms with van der Waals surface area (Å²) in [6, 6.07) is 11.2. The lowest BCUT2D eigenvalue weighted by atomic mass is 10.2. The topological polar surface area (TPSA) is 72.2 Å². The highest BCUT2D eigenvalue weighted by Gasteiger charge is 2.10. The van der Waals surface area contributed by atoms with Crippen molar-refractivity contribution in [3.05, 3.63) is 59.0 Å². The van der Waals surface area contributed by atoms with Crippen LogP contribution in [0.4, 0.5) is 0 Å². The number of rotatable bonds is 3. The first kappa shape index (κ1) is 13.8. The van der Waals surface area contributed by atoms with Crippen LogP contribution in [0.2, 0.25) is 0 Å². The Balaban J connectivity index is 1.54. The van der Waals surface area contributed by atoms with Crippen molar-refractivity contribution in [2.24, 2.45) is 0 Å². The molecule has 4 rings (SSSR count). The number of hydrogen-bond acceptors (Lipinski definition) is 5. The van der Waals surface area contributed by atoms with Crippen LogP contribution in [0.3, 0.4) is 0 Å². The van der Waals surface area contributed by atoms with E-state index in [0.717, 1.165) is 20.9 Å². The molecule has 0 bridgehead atoms. The van der Waals surface area contributed by atoms with Crippen LogP contribution in [0, 0.1) is 6.92 Å². The Kier molecular flexibility index (Phi) is 3.27. The molecule has 1 amide bonds. The maximum atomic E-state index is 12.3. The van der Waals surface area contributed by atoms with E-state index in [4.69, 9.17) is 0 Å². The fourth-order valence-corrected chi connectivity index (χ4v) is 3.32. The average molecular weight is 323 g/mol. The van der Waals surface area contributed by atoms with Gasteiger partial charge in [-0.3, -0.25) is 9.20 Å². The number of fused-ring (bicyclic) bond motifs is 2. The molecule has 0 unspecified atom stereocenters. The summed E-state index contributed by atoms with van der Waals surface area (Å²) in [5, 5.41) is 12.1. The molecule has 0 spiro atoms. The summed E-state index contributed by atoms with van der Waals surface area (Å²) in [6.45, 7) is 2.28. The third kappa shape index (κ3) is 2.55. The van der Waals surface area contributed by atoms with E-state index >= 15 is 0 Å². The van der Waals surface area contributed by atoms with Gasteiger partial charge in [0.05, 0.1) is 21.8 Å². The largest absolute Gasteiger partial charge is 0.345 e. The zero-order valence-electron chi connectivity index (χ0n) is 12.4. The summed E-state index contributed by atoms with van der Waals surface area (Å²) < 4.78 is 2.87. The van der Waals surface area contributed by atoms with Crippen molar-refractivity contribution in [3.8, 4) is 0 Å². The molecule has 0 fully saturated rings. The van der Waals surface area contributed by atoms with Crippen LogP contribution in [0.25, 0.3) is 15.9 Å². The Morgan fingerprint density at radius 1 is 1.26 bits per heavy atom. The smallest absolute Gasteiger partial charge is 0.251 e. The number of carbonyl (C=O) groups excluding carboxylic acids is 1. The minimum Gasteiger partial charge on any atom is -0.345 e. The van der Waals surface area contributed by atoms with Crippen molar-refractivity contribution in [1.82, 2.24) is 24.9 Å². The average Bonchev–Trinajstić information content (AvgIpc) is 3.14. The van der Waals surface area contributed by atoms with Crippen LogP contribution in [0.15, 0.2) is 42.6 Å². The van der Waals surface area contributed by atoms with Crippen molar-refractivity contribution in [1.29, 1.82) is 0 Å². The minimum atomic E-state index is -0.134. The number of aryl methyl sites for hydroxylation is 1. The zero-order valence-corrected chi connectivity index (χ0v) is 13.2. The number of nitrogens with one attached hydrogen (secondary N) is 1. The van der Waals surface area contributed by atoms with Crippen LogP contribution in [0.5, 0.6) is 0 Å². The first-order chi connectivity index (χ1) is 11.2. The summed E-state index contributed by atoms with van der Waals surface area (Å²) in [6.07, 6.45) is 1.88. The number of aromatic nitrogens is 4. The third-order valence-corrected chi connectivity index (χ3v) is 4.48. The molecule has 7 heteroatoms. The number of amides is 1. The lowest BCUT2D eigenvalue weighted by molar-refractivity contribution is 0.0950. The second-order valence-corrected chi connectivity index (χ2v) is 6.38. The number of carbonyl (C=O) groups is 1. The van der Waals surface area contributed by atoms with Crippen LogP contribution in [-0.4, -0.2) is 25.5 Å². The monoisotopic (exact) mass is 323 g/mol. The quantitative estimate of drug-likeness (QED) is 0.629. The fraction of sp³-hybridized carbons (Fsp3) is 0.125. The Hall–Kier alpha value is -2.80. The summed E-state index contributed by atoms with van der Waals surface area (Å²) >= 11 is 1.58. The Morgan fingerprint density at radius 3 is 3.09 bits per heavy atom. The van der Waals surface area contributed by atoms with E-state index < -0.39 is 0 Å². The van der Waals surface area contributed by atoms with Gasteiger partial charge in [-0.05, 0) is 37.3 Å². The van der Waals surface area contributed by atoms with Gasteiger partial charge in [0.25, 0.3) is 5.91 Å². The van der Waals surface area contributed by atoms with Gasteiger partial charge in [0, 0.05) is 11.8 Å². The molecule has 0 aliphatic rings. The van der Waals surface area contributed by atoms with E-state index in [0.29, 0.717) is 17.9 Å². The molecule has 1 N–H and O–H groups in total. The molecule has 4 aromatic rings. The molecule has 23 heavy (non-hydrogen) atoms. The summed E-state index contributed by atoms with van der Waals surface area (Å²) in [5.41, 5.74) is 2.31. The molecule has 114 valence electrons. The van der Waals surface area contributed by atoms with Crippen LogP contribution >= 0.6 is 11.3 Å². The highest BCUT2D eigenvalue weighted by Crippen LogP contribution is 2.22. The van der Waals surface area contributed by atoms with Gasteiger partial charge in [-0.25, -0.2) is 4.98 Å². The van der Waals surface area contributed by atoms with Crippen LogP contribution in [0.1, 0.15) is 21.2 Å². The molecule has 3 heterocycles. The number of hydrogen-bond donors (Lipinski definition) is 1. The van der Waals surface area contributed by atoms with Crippen molar-refractivity contribution in [2.45, 2.75) is 13.5 Å². The van der Waals surface area contributed by atoms with E-state index in [9.17, 15) is 4.79 Å². The molecule has 0 saturated heterocycles. The molecular formula is C16H13N5OS. The van der Waals surface area contributed by atoms with E-state index in [-0.39, 0.29) is 5.91 Å². The van der Waals surface area contributed by atoms with E-state index in [1.54, 1.807) is 17.4 Å². The van der Waals surface area contributed by atoms with Gasteiger partial charge in [0.2, 0.25) is 0 Å². The molecule has 0 atom stereocenters. The van der Waals surface area contributed by atoms with Gasteiger partial charge in [0.15, 0.2) is 11.5 Å². The molecule has 0 radical (unpaired) electrons. The zero-order chi connectivity index (χ0) is 15.8. The van der Waals surface area contributed by atoms with Crippen molar-refractivity contribution < 1.29 is 4.79 Å². The number of benzene rings is 1. The van der Waals surface area contributed by atoms with Gasteiger partial charge < -0.3 is 5.32 Å². The molecule has 3 aromatic heterocycles. The van der Waals surface area contributed by atoms with Gasteiger partial charge in [-0.15, -0.1) is 21.5 Å². The van der Waals surface area contributed by atoms with Crippen LogP contribution < -0.4 is 5.32 Å². The van der Waals surface area contributed by atoms with E-state index in [1.165, 1.54) is 0 Å². The molecular weight excluding hydrogens is 310 g/mol. The van der Waals surface area contributed by atoms with Crippen LogP contribution in [-0.2, 0) is 6.54 Å². The number of thiazole rings is 1. The molecule has 1 aromatic carbocycles. The predicted octanol–water partition coefficient (Wildman–Crippen LogP) is 2.58.